The standard InChI is InChI=1S/C54H49N3O2.Pt/c1-52(2,3)41-29-30-55-48(34-41)57-46-26-18-17-25-44(46)53(4,5)45-28-27-42(35-47(45)57)58-43-32-39(36-19-11-8-12-20-36)31-40(33-43)51-56-50(54(6,7)59-51)49(37-21-13-9-14-22-37)38-23-15-10-16-24-38;/h8-32,34,49-50H,1-7H3;/q-2;+2/t50-;/m1./s1. The predicted molar refractivity (Wildman–Crippen MR) is 240 cm³/mol. The fourth-order valence-corrected chi connectivity index (χ4v) is 8.64. The van der Waals surface area contributed by atoms with Gasteiger partial charge in [-0.25, -0.2) is 4.98 Å². The molecule has 3 heterocycles. The van der Waals surface area contributed by atoms with Crippen molar-refractivity contribution in [1.82, 2.24) is 4.98 Å². The van der Waals surface area contributed by atoms with Crippen molar-refractivity contribution in [3.63, 3.8) is 0 Å². The number of rotatable bonds is 8. The van der Waals surface area contributed by atoms with Crippen LogP contribution in [-0.4, -0.2) is 22.5 Å². The molecular weight excluding hydrogens is 918 g/mol. The topological polar surface area (TPSA) is 47.0 Å². The number of para-hydroxylation sites is 1. The molecule has 2 aliphatic rings. The average Bonchev–Trinajstić information content (AvgIpc) is 3.56. The predicted octanol–water partition coefficient (Wildman–Crippen LogP) is 13.3. The van der Waals surface area contributed by atoms with Crippen LogP contribution in [-0.2, 0) is 36.6 Å². The van der Waals surface area contributed by atoms with Gasteiger partial charge in [-0.15, -0.1) is 23.8 Å². The second kappa shape index (κ2) is 16.0. The molecule has 0 saturated carbocycles. The molecule has 0 amide bonds. The van der Waals surface area contributed by atoms with E-state index in [0.29, 0.717) is 17.4 Å². The molecule has 7 aromatic rings. The van der Waals surface area contributed by atoms with E-state index in [9.17, 15) is 0 Å². The molecule has 0 saturated heterocycles. The van der Waals surface area contributed by atoms with E-state index in [1.54, 1.807) is 0 Å². The van der Waals surface area contributed by atoms with Gasteiger partial charge in [0.25, 0.3) is 0 Å². The van der Waals surface area contributed by atoms with Crippen molar-refractivity contribution < 1.29 is 30.5 Å². The van der Waals surface area contributed by atoms with Crippen LogP contribution in [0.25, 0.3) is 11.1 Å². The smallest absolute Gasteiger partial charge is 0.512 e. The van der Waals surface area contributed by atoms with Gasteiger partial charge in [-0.05, 0) is 70.7 Å². The maximum atomic E-state index is 6.84. The van der Waals surface area contributed by atoms with Crippen LogP contribution in [0.4, 0.5) is 17.2 Å². The van der Waals surface area contributed by atoms with E-state index in [1.165, 1.54) is 22.3 Å². The number of aliphatic imine (C=N–C) groups is 1. The molecule has 0 bridgehead atoms. The largest absolute Gasteiger partial charge is 2.00 e. The first-order valence-electron chi connectivity index (χ1n) is 20.5. The SMILES string of the molecule is CC(C)(C)c1ccnc(N2c3[c-]c(Oc4[c-]c(C5=N[C@H](C(c6ccccc6)c6ccccc6)C(C)(C)O5)cc(-c5ccccc5)c4)ccc3C(C)(C)c3ccccc32)c1.[Pt+2]. The van der Waals surface area contributed by atoms with E-state index in [-0.39, 0.29) is 43.9 Å². The number of nitrogens with zero attached hydrogens (tertiary/aromatic N) is 3. The van der Waals surface area contributed by atoms with Crippen molar-refractivity contribution in [1.29, 1.82) is 0 Å². The Kier molecular flexibility index (Phi) is 10.9. The van der Waals surface area contributed by atoms with Crippen LogP contribution in [0.5, 0.6) is 11.5 Å². The van der Waals surface area contributed by atoms with E-state index < -0.39 is 5.60 Å². The Morgan fingerprint density at radius 3 is 1.97 bits per heavy atom. The Labute approximate surface area is 369 Å². The Morgan fingerprint density at radius 1 is 0.667 bits per heavy atom. The molecule has 0 radical (unpaired) electrons. The molecule has 60 heavy (non-hydrogen) atoms. The zero-order chi connectivity index (χ0) is 40.9. The summed E-state index contributed by atoms with van der Waals surface area (Å²) in [4.78, 5) is 12.6. The molecule has 6 heteroatoms. The van der Waals surface area contributed by atoms with Crippen LogP contribution in [0.15, 0.2) is 163 Å². The number of ether oxygens (including phenoxy) is 2. The van der Waals surface area contributed by atoms with Crippen LogP contribution in [0.1, 0.15) is 87.8 Å². The average molecular weight is 967 g/mol. The first kappa shape index (κ1) is 41.0. The number of anilines is 3. The summed E-state index contributed by atoms with van der Waals surface area (Å²) >= 11 is 0. The van der Waals surface area contributed by atoms with Gasteiger partial charge in [0.1, 0.15) is 17.3 Å². The molecular formula is C54H49N3O2Pt. The minimum atomic E-state index is -0.611. The fraction of sp³-hybridized carbons (Fsp3) is 0.222. The quantitative estimate of drug-likeness (QED) is 0.142. The molecule has 6 aromatic carbocycles. The maximum absolute atomic E-state index is 6.84. The molecule has 1 atom stereocenters. The summed E-state index contributed by atoms with van der Waals surface area (Å²) in [6.45, 7) is 15.5. The number of hydrogen-bond donors (Lipinski definition) is 0. The number of fused-ring (bicyclic) bond motifs is 2. The van der Waals surface area contributed by atoms with Crippen molar-refractivity contribution in [2.24, 2.45) is 4.99 Å². The fourth-order valence-electron chi connectivity index (χ4n) is 8.64. The summed E-state index contributed by atoms with van der Waals surface area (Å²) in [6.07, 6.45) is 1.91. The summed E-state index contributed by atoms with van der Waals surface area (Å²) in [7, 11) is 0. The van der Waals surface area contributed by atoms with Crippen molar-refractivity contribution in [2.75, 3.05) is 4.90 Å². The van der Waals surface area contributed by atoms with E-state index in [2.05, 4.69) is 187 Å². The minimum Gasteiger partial charge on any atom is -0.512 e. The van der Waals surface area contributed by atoms with E-state index >= 15 is 0 Å². The second-order valence-corrected chi connectivity index (χ2v) is 17.7. The Balaban J connectivity index is 0.00000499. The first-order chi connectivity index (χ1) is 28.4. The number of pyridine rings is 1. The molecule has 302 valence electrons. The zero-order valence-electron chi connectivity index (χ0n) is 35.1. The first-order valence-corrected chi connectivity index (χ1v) is 20.5. The van der Waals surface area contributed by atoms with Gasteiger partial charge < -0.3 is 14.4 Å². The van der Waals surface area contributed by atoms with Gasteiger partial charge in [-0.3, -0.25) is 4.99 Å². The number of hydrogen-bond acceptors (Lipinski definition) is 5. The van der Waals surface area contributed by atoms with Gasteiger partial charge in [0, 0.05) is 29.3 Å². The van der Waals surface area contributed by atoms with Crippen molar-refractivity contribution in [3.8, 4) is 22.6 Å². The number of benzene rings is 6. The van der Waals surface area contributed by atoms with Crippen molar-refractivity contribution >= 4 is 23.1 Å². The van der Waals surface area contributed by atoms with Crippen LogP contribution < -0.4 is 9.64 Å². The van der Waals surface area contributed by atoms with E-state index in [4.69, 9.17) is 19.5 Å². The Bertz CT molecular complexity index is 2630. The van der Waals surface area contributed by atoms with Gasteiger partial charge in [0.2, 0.25) is 0 Å². The van der Waals surface area contributed by atoms with Crippen LogP contribution in [0.2, 0.25) is 0 Å². The summed E-state index contributed by atoms with van der Waals surface area (Å²) < 4.78 is 13.7. The van der Waals surface area contributed by atoms with E-state index in [1.807, 2.05) is 36.5 Å². The summed E-state index contributed by atoms with van der Waals surface area (Å²) in [5, 5.41) is 0. The molecule has 0 spiro atoms. The molecule has 0 aliphatic carbocycles. The molecule has 2 aliphatic heterocycles. The molecule has 5 nitrogen and oxygen atoms in total. The molecule has 1 aromatic heterocycles. The number of aromatic nitrogens is 1. The summed E-state index contributed by atoms with van der Waals surface area (Å²) in [5.41, 5.74) is 9.76. The van der Waals surface area contributed by atoms with Crippen molar-refractivity contribution in [3.05, 3.63) is 203 Å². The maximum Gasteiger partial charge on any atom is 2.00 e. The monoisotopic (exact) mass is 966 g/mol. The molecule has 0 fully saturated rings. The summed E-state index contributed by atoms with van der Waals surface area (Å²) in [6, 6.07) is 59.9. The third-order valence-electron chi connectivity index (χ3n) is 11.8. The van der Waals surface area contributed by atoms with Crippen molar-refractivity contribution in [2.45, 2.75) is 76.9 Å². The minimum absolute atomic E-state index is 0. The van der Waals surface area contributed by atoms with Crippen LogP contribution >= 0.6 is 0 Å². The summed E-state index contributed by atoms with van der Waals surface area (Å²) in [5.74, 6) is 2.49. The molecule has 0 N–H and O–H groups in total. The van der Waals surface area contributed by atoms with Gasteiger partial charge in [-0.1, -0.05) is 173 Å². The normalized spacial score (nSPS) is 16.2. The van der Waals surface area contributed by atoms with E-state index in [0.717, 1.165) is 39.4 Å². The third-order valence-corrected chi connectivity index (χ3v) is 11.8. The molecule has 9 rings (SSSR count). The van der Waals surface area contributed by atoms with Gasteiger partial charge in [0.05, 0.1) is 6.04 Å². The van der Waals surface area contributed by atoms with Gasteiger partial charge in [-0.2, -0.15) is 6.07 Å². The van der Waals surface area contributed by atoms with Crippen LogP contribution in [0.3, 0.4) is 0 Å². The third kappa shape index (κ3) is 7.72. The van der Waals surface area contributed by atoms with Crippen LogP contribution in [0, 0.1) is 12.1 Å². The van der Waals surface area contributed by atoms with Gasteiger partial charge >= 0.3 is 21.1 Å². The Hall–Kier alpha value is -5.77. The zero-order valence-corrected chi connectivity index (χ0v) is 37.4. The second-order valence-electron chi connectivity index (χ2n) is 17.7. The van der Waals surface area contributed by atoms with Gasteiger partial charge in [0.15, 0.2) is 0 Å². The Morgan fingerprint density at radius 2 is 1.30 bits per heavy atom. The molecule has 0 unspecified atom stereocenters.